The zero-order chi connectivity index (χ0) is 20.1. The molecule has 3 N–H and O–H groups in total. The molecule has 7 nitrogen and oxygen atoms in total. The fourth-order valence-corrected chi connectivity index (χ4v) is 2.88. The van der Waals surface area contributed by atoms with Gasteiger partial charge in [-0.3, -0.25) is 30.1 Å². The van der Waals surface area contributed by atoms with Crippen LogP contribution in [0.1, 0.15) is 22.8 Å². The molecule has 144 valence electrons. The number of amides is 2. The van der Waals surface area contributed by atoms with E-state index in [9.17, 15) is 9.59 Å². The van der Waals surface area contributed by atoms with E-state index in [1.165, 1.54) is 4.57 Å². The molecular formula is C19H18ClN5O2S. The number of hydrogen-bond acceptors (Lipinski definition) is 4. The Morgan fingerprint density at radius 2 is 1.79 bits per heavy atom. The first-order chi connectivity index (χ1) is 13.5. The number of H-pyrrole nitrogens is 1. The van der Waals surface area contributed by atoms with E-state index in [0.717, 1.165) is 17.5 Å². The third-order valence-corrected chi connectivity index (χ3v) is 4.67. The van der Waals surface area contributed by atoms with E-state index < -0.39 is 11.8 Å². The van der Waals surface area contributed by atoms with Crippen LogP contribution in [-0.4, -0.2) is 26.6 Å². The molecule has 0 radical (unpaired) electrons. The monoisotopic (exact) mass is 415 g/mol. The lowest BCUT2D eigenvalue weighted by atomic mass is 10.1. The maximum absolute atomic E-state index is 12.3. The van der Waals surface area contributed by atoms with Gasteiger partial charge in [0.05, 0.1) is 0 Å². The Morgan fingerprint density at radius 3 is 2.43 bits per heavy atom. The van der Waals surface area contributed by atoms with Gasteiger partial charge in [0.15, 0.2) is 10.6 Å². The highest BCUT2D eigenvalue weighted by Crippen LogP contribution is 2.19. The number of hydrazine groups is 1. The van der Waals surface area contributed by atoms with Crippen LogP contribution < -0.4 is 10.9 Å². The van der Waals surface area contributed by atoms with E-state index in [-0.39, 0.29) is 6.54 Å². The van der Waals surface area contributed by atoms with Crippen molar-refractivity contribution in [2.75, 3.05) is 0 Å². The van der Waals surface area contributed by atoms with Gasteiger partial charge in [-0.05, 0) is 60.6 Å². The highest BCUT2D eigenvalue weighted by atomic mass is 35.5. The van der Waals surface area contributed by atoms with Gasteiger partial charge in [0.2, 0.25) is 0 Å². The second kappa shape index (κ2) is 8.81. The van der Waals surface area contributed by atoms with Crippen LogP contribution in [-0.2, 0) is 17.8 Å². The van der Waals surface area contributed by atoms with Gasteiger partial charge >= 0.3 is 0 Å². The normalized spacial score (nSPS) is 10.5. The molecule has 0 unspecified atom stereocenters. The molecule has 0 saturated heterocycles. The molecule has 3 aromatic rings. The zero-order valence-electron chi connectivity index (χ0n) is 15.0. The van der Waals surface area contributed by atoms with Crippen molar-refractivity contribution in [3.8, 4) is 11.4 Å². The number of aromatic amines is 1. The molecule has 0 aliphatic rings. The predicted octanol–water partition coefficient (Wildman–Crippen LogP) is 3.28. The molecule has 1 aromatic heterocycles. The average Bonchev–Trinajstić information content (AvgIpc) is 3.07. The van der Waals surface area contributed by atoms with Crippen molar-refractivity contribution in [1.29, 1.82) is 0 Å². The molecule has 0 aliphatic carbocycles. The van der Waals surface area contributed by atoms with Gasteiger partial charge in [-0.2, -0.15) is 5.10 Å². The molecule has 3 rings (SSSR count). The van der Waals surface area contributed by atoms with E-state index in [2.05, 4.69) is 21.0 Å². The van der Waals surface area contributed by atoms with Gasteiger partial charge in [0, 0.05) is 16.1 Å². The first kappa shape index (κ1) is 19.8. The molecule has 0 bridgehead atoms. The summed E-state index contributed by atoms with van der Waals surface area (Å²) < 4.78 is 1.83. The largest absolute Gasteiger partial charge is 0.291 e. The minimum absolute atomic E-state index is 0.109. The smallest absolute Gasteiger partial charge is 0.269 e. The Kier molecular flexibility index (Phi) is 6.23. The summed E-state index contributed by atoms with van der Waals surface area (Å²) in [5.41, 5.74) is 7.14. The van der Waals surface area contributed by atoms with Crippen LogP contribution in [0.15, 0.2) is 48.5 Å². The van der Waals surface area contributed by atoms with Gasteiger partial charge in [-0.25, -0.2) is 0 Å². The van der Waals surface area contributed by atoms with E-state index in [1.54, 1.807) is 36.4 Å². The highest BCUT2D eigenvalue weighted by Gasteiger charge is 2.13. The quantitative estimate of drug-likeness (QED) is 0.440. The Labute approximate surface area is 171 Å². The first-order valence-electron chi connectivity index (χ1n) is 8.57. The lowest BCUT2D eigenvalue weighted by molar-refractivity contribution is -0.122. The van der Waals surface area contributed by atoms with Crippen molar-refractivity contribution in [1.82, 2.24) is 25.6 Å². The van der Waals surface area contributed by atoms with Crippen LogP contribution >= 0.6 is 23.8 Å². The van der Waals surface area contributed by atoms with Crippen LogP contribution in [0.25, 0.3) is 11.4 Å². The number of benzene rings is 2. The van der Waals surface area contributed by atoms with Crippen molar-refractivity contribution < 1.29 is 9.59 Å². The van der Waals surface area contributed by atoms with Gasteiger partial charge in [-0.15, -0.1) is 0 Å². The fraction of sp³-hybridized carbons (Fsp3) is 0.158. The summed E-state index contributed by atoms with van der Waals surface area (Å²) in [6.45, 7) is 1.93. The molecule has 28 heavy (non-hydrogen) atoms. The first-order valence-corrected chi connectivity index (χ1v) is 9.36. The van der Waals surface area contributed by atoms with Crippen LogP contribution in [0, 0.1) is 4.77 Å². The molecule has 1 heterocycles. The lowest BCUT2D eigenvalue weighted by Gasteiger charge is -2.10. The molecule has 2 aromatic carbocycles. The maximum Gasteiger partial charge on any atom is 0.269 e. The summed E-state index contributed by atoms with van der Waals surface area (Å²) in [4.78, 5) is 24.4. The van der Waals surface area contributed by atoms with Crippen molar-refractivity contribution in [2.24, 2.45) is 0 Å². The number of rotatable bonds is 5. The highest BCUT2D eigenvalue weighted by molar-refractivity contribution is 7.71. The summed E-state index contributed by atoms with van der Waals surface area (Å²) >= 11 is 11.1. The van der Waals surface area contributed by atoms with Crippen LogP contribution in [0.2, 0.25) is 5.02 Å². The fourth-order valence-electron chi connectivity index (χ4n) is 2.56. The number of nitrogens with zero attached hydrogens (tertiary/aromatic N) is 2. The Hall–Kier alpha value is -2.97. The zero-order valence-corrected chi connectivity index (χ0v) is 16.6. The Bertz CT molecular complexity index is 1040. The van der Waals surface area contributed by atoms with Gasteiger partial charge in [0.25, 0.3) is 11.8 Å². The van der Waals surface area contributed by atoms with Gasteiger partial charge in [-0.1, -0.05) is 30.7 Å². The van der Waals surface area contributed by atoms with Crippen molar-refractivity contribution in [3.05, 3.63) is 69.5 Å². The number of nitrogens with one attached hydrogen (secondary N) is 3. The molecule has 0 aliphatic heterocycles. The standard InChI is InChI=1S/C19H18ClN5O2S/c1-2-12-3-5-14(6-4-12)18(27)23-21-16(26)11-25-17(22-24-19(25)28)13-7-9-15(20)10-8-13/h3-10H,2,11H2,1H3,(H,21,26)(H,23,27)(H,24,28). The van der Waals surface area contributed by atoms with Crippen molar-refractivity contribution in [3.63, 3.8) is 0 Å². The number of hydrogen-bond donors (Lipinski definition) is 3. The number of aryl methyl sites for hydroxylation is 1. The van der Waals surface area contributed by atoms with Crippen molar-refractivity contribution in [2.45, 2.75) is 19.9 Å². The van der Waals surface area contributed by atoms with Crippen LogP contribution in [0.3, 0.4) is 0 Å². The number of aromatic nitrogens is 3. The summed E-state index contributed by atoms with van der Waals surface area (Å²) in [6, 6.07) is 14.2. The van der Waals surface area contributed by atoms with Gasteiger partial charge in [0.1, 0.15) is 6.54 Å². The van der Waals surface area contributed by atoms with E-state index >= 15 is 0 Å². The molecule has 9 heteroatoms. The third-order valence-electron chi connectivity index (χ3n) is 4.10. The van der Waals surface area contributed by atoms with E-state index in [0.29, 0.717) is 21.2 Å². The summed E-state index contributed by atoms with van der Waals surface area (Å²) in [5.74, 6) is -0.339. The SMILES string of the molecule is CCc1ccc(C(=O)NNC(=O)Cn2c(-c3ccc(Cl)cc3)n[nH]c2=S)cc1. The van der Waals surface area contributed by atoms with E-state index in [1.807, 2.05) is 19.1 Å². The minimum atomic E-state index is -0.439. The third kappa shape index (κ3) is 4.65. The predicted molar refractivity (Wildman–Crippen MR) is 109 cm³/mol. The Morgan fingerprint density at radius 1 is 1.11 bits per heavy atom. The minimum Gasteiger partial charge on any atom is -0.291 e. The molecule has 0 fully saturated rings. The molecule has 0 atom stereocenters. The summed E-state index contributed by atoms with van der Waals surface area (Å²) in [7, 11) is 0. The summed E-state index contributed by atoms with van der Waals surface area (Å²) in [5, 5.41) is 7.43. The van der Waals surface area contributed by atoms with Gasteiger partial charge < -0.3 is 0 Å². The topological polar surface area (TPSA) is 91.8 Å². The Balaban J connectivity index is 1.65. The van der Waals surface area contributed by atoms with Crippen molar-refractivity contribution >= 4 is 35.6 Å². The average molecular weight is 416 g/mol. The van der Waals surface area contributed by atoms with Crippen LogP contribution in [0.4, 0.5) is 0 Å². The molecular weight excluding hydrogens is 398 g/mol. The molecule has 2 amide bonds. The maximum atomic E-state index is 12.3. The van der Waals surface area contributed by atoms with E-state index in [4.69, 9.17) is 23.8 Å². The molecule has 0 spiro atoms. The summed E-state index contributed by atoms with van der Waals surface area (Å²) in [6.07, 6.45) is 0.889. The molecule has 0 saturated carbocycles. The number of carbonyl (C=O) groups is 2. The number of carbonyl (C=O) groups excluding carboxylic acids is 2. The number of halogens is 1. The van der Waals surface area contributed by atoms with Crippen LogP contribution in [0.5, 0.6) is 0 Å². The second-order valence-electron chi connectivity index (χ2n) is 6.00. The second-order valence-corrected chi connectivity index (χ2v) is 6.82. The lowest BCUT2D eigenvalue weighted by Crippen LogP contribution is -2.43.